The van der Waals surface area contributed by atoms with Gasteiger partial charge in [-0.1, -0.05) is 18.1 Å². The second-order valence-corrected chi connectivity index (χ2v) is 10.2. The molecule has 0 aliphatic carbocycles. The molecule has 0 spiro atoms. The van der Waals surface area contributed by atoms with Crippen LogP contribution >= 0.6 is 0 Å². The van der Waals surface area contributed by atoms with Gasteiger partial charge in [-0.05, 0) is 61.7 Å². The zero-order chi connectivity index (χ0) is 24.3. The molecule has 1 saturated heterocycles. The van der Waals surface area contributed by atoms with Crippen LogP contribution in [-0.2, 0) is 21.2 Å². The Bertz CT molecular complexity index is 1260. The molecule has 0 atom stereocenters. The lowest BCUT2D eigenvalue weighted by molar-refractivity contribution is -0.120. The summed E-state index contributed by atoms with van der Waals surface area (Å²) in [6.07, 6.45) is 1.52. The molecule has 1 fully saturated rings. The van der Waals surface area contributed by atoms with Crippen molar-refractivity contribution in [3.63, 3.8) is 0 Å². The van der Waals surface area contributed by atoms with Crippen molar-refractivity contribution in [2.75, 3.05) is 25.5 Å². The molecule has 2 heterocycles. The molecule has 0 unspecified atom stereocenters. The molecule has 1 aliphatic rings. The van der Waals surface area contributed by atoms with E-state index in [9.17, 15) is 13.2 Å². The first-order valence-corrected chi connectivity index (χ1v) is 12.6. The molecular formula is C24H28N4O5S. The second kappa shape index (κ2) is 9.94. The number of sulfonamides is 1. The minimum atomic E-state index is -3.67. The molecule has 3 aromatic rings. The number of methoxy groups -OCH3 is 1. The predicted molar refractivity (Wildman–Crippen MR) is 127 cm³/mol. The van der Waals surface area contributed by atoms with Gasteiger partial charge in [-0.2, -0.15) is 9.29 Å². The Morgan fingerprint density at radius 1 is 1.18 bits per heavy atom. The number of aromatic nitrogens is 2. The average Bonchev–Trinajstić information content (AvgIpc) is 3.34. The smallest absolute Gasteiger partial charge is 0.243 e. The van der Waals surface area contributed by atoms with Crippen LogP contribution in [0.15, 0.2) is 51.9 Å². The van der Waals surface area contributed by atoms with E-state index >= 15 is 0 Å². The highest BCUT2D eigenvalue weighted by molar-refractivity contribution is 7.89. The molecule has 34 heavy (non-hydrogen) atoms. The molecule has 180 valence electrons. The summed E-state index contributed by atoms with van der Waals surface area (Å²) in [4.78, 5) is 17.3. The number of amides is 1. The largest absolute Gasteiger partial charge is 0.495 e. The summed E-state index contributed by atoms with van der Waals surface area (Å²) in [5.41, 5.74) is 2.31. The first kappa shape index (κ1) is 23.9. The fourth-order valence-electron chi connectivity index (χ4n) is 3.95. The van der Waals surface area contributed by atoms with Crippen molar-refractivity contribution >= 4 is 21.6 Å². The molecule has 9 nitrogen and oxygen atoms in total. The maximum Gasteiger partial charge on any atom is 0.243 e. The van der Waals surface area contributed by atoms with Crippen LogP contribution < -0.4 is 10.1 Å². The summed E-state index contributed by atoms with van der Waals surface area (Å²) in [5.74, 6) is 1.15. The number of carbonyl (C=O) groups excluding carboxylic acids is 1. The predicted octanol–water partition coefficient (Wildman–Crippen LogP) is 3.66. The van der Waals surface area contributed by atoms with E-state index < -0.39 is 10.0 Å². The highest BCUT2D eigenvalue weighted by atomic mass is 32.2. The zero-order valence-corrected chi connectivity index (χ0v) is 20.3. The molecule has 1 aromatic heterocycles. The molecule has 10 heteroatoms. The Balaban J connectivity index is 1.39. The first-order chi connectivity index (χ1) is 16.3. The van der Waals surface area contributed by atoms with Crippen LogP contribution in [0.1, 0.15) is 31.2 Å². The fraction of sp³-hybridized carbons (Fsp3) is 0.375. The lowest BCUT2D eigenvalue weighted by atomic mass is 9.97. The van der Waals surface area contributed by atoms with E-state index in [1.54, 1.807) is 31.4 Å². The van der Waals surface area contributed by atoms with Crippen LogP contribution in [0.3, 0.4) is 0 Å². The number of ether oxygens (including phenoxy) is 1. The van der Waals surface area contributed by atoms with Crippen molar-refractivity contribution in [2.24, 2.45) is 5.92 Å². The zero-order valence-electron chi connectivity index (χ0n) is 19.4. The number of nitrogens with one attached hydrogen (secondary N) is 1. The number of nitrogens with zero attached hydrogens (tertiary/aromatic N) is 3. The van der Waals surface area contributed by atoms with Gasteiger partial charge in [0, 0.05) is 31.0 Å². The fourth-order valence-corrected chi connectivity index (χ4v) is 5.42. The minimum absolute atomic E-state index is 0.128. The number of piperidine rings is 1. The quantitative estimate of drug-likeness (QED) is 0.544. The Morgan fingerprint density at radius 3 is 2.50 bits per heavy atom. The lowest BCUT2D eigenvalue weighted by Crippen LogP contribution is -2.41. The number of carbonyl (C=O) groups is 1. The Hall–Kier alpha value is -3.24. The average molecular weight is 485 g/mol. The summed E-state index contributed by atoms with van der Waals surface area (Å²) >= 11 is 0. The summed E-state index contributed by atoms with van der Waals surface area (Å²) in [5, 5.41) is 6.85. The highest BCUT2D eigenvalue weighted by Crippen LogP contribution is 2.29. The number of aryl methyl sites for hydroxylation is 2. The summed E-state index contributed by atoms with van der Waals surface area (Å²) in [7, 11) is -2.11. The van der Waals surface area contributed by atoms with Crippen molar-refractivity contribution in [1.82, 2.24) is 14.4 Å². The maximum absolute atomic E-state index is 13.1. The van der Waals surface area contributed by atoms with E-state index in [2.05, 4.69) is 15.5 Å². The van der Waals surface area contributed by atoms with Gasteiger partial charge in [0.2, 0.25) is 27.6 Å². The number of hydrogen-bond donors (Lipinski definition) is 1. The molecule has 0 bridgehead atoms. The topological polar surface area (TPSA) is 115 Å². The van der Waals surface area contributed by atoms with Crippen molar-refractivity contribution in [3.8, 4) is 17.1 Å². The summed E-state index contributed by atoms with van der Waals surface area (Å²) in [6.45, 7) is 4.41. The van der Waals surface area contributed by atoms with Gasteiger partial charge >= 0.3 is 0 Å². The first-order valence-electron chi connectivity index (χ1n) is 11.2. The van der Waals surface area contributed by atoms with Gasteiger partial charge < -0.3 is 14.6 Å². The summed E-state index contributed by atoms with van der Waals surface area (Å²) in [6, 6.07) is 12.0. The van der Waals surface area contributed by atoms with E-state index in [4.69, 9.17) is 9.26 Å². The van der Waals surface area contributed by atoms with Crippen molar-refractivity contribution in [1.29, 1.82) is 0 Å². The standard InChI is InChI=1S/C24H28N4O5S/c1-4-22-26-23(27-33-22)17-6-8-19(9-7-17)34(30,31)28-13-11-18(12-14-28)24(29)25-20-15-16(2)5-10-21(20)32-3/h5-10,15,18H,4,11-14H2,1-3H3,(H,25,29). The molecule has 2 aromatic carbocycles. The van der Waals surface area contributed by atoms with Gasteiger partial charge in [-0.3, -0.25) is 4.79 Å². The molecule has 1 amide bonds. The van der Waals surface area contributed by atoms with Crippen LogP contribution in [0.4, 0.5) is 5.69 Å². The highest BCUT2D eigenvalue weighted by Gasteiger charge is 2.32. The van der Waals surface area contributed by atoms with Gasteiger partial charge in [0.1, 0.15) is 5.75 Å². The molecule has 1 N–H and O–H groups in total. The van der Waals surface area contributed by atoms with Gasteiger partial charge in [0.05, 0.1) is 17.7 Å². The molecular weight excluding hydrogens is 456 g/mol. The van der Waals surface area contributed by atoms with Gasteiger partial charge in [0.15, 0.2) is 0 Å². The SMILES string of the molecule is CCc1nc(-c2ccc(S(=O)(=O)N3CCC(C(=O)Nc4cc(C)ccc4OC)CC3)cc2)no1. The molecule has 0 saturated carbocycles. The monoisotopic (exact) mass is 484 g/mol. The van der Waals surface area contributed by atoms with E-state index in [1.807, 2.05) is 32.0 Å². The maximum atomic E-state index is 13.1. The van der Waals surface area contributed by atoms with E-state index in [-0.39, 0.29) is 29.8 Å². The molecule has 0 radical (unpaired) electrons. The van der Waals surface area contributed by atoms with Crippen molar-refractivity contribution in [3.05, 3.63) is 53.9 Å². The molecule has 1 aliphatic heterocycles. The van der Waals surface area contributed by atoms with Crippen molar-refractivity contribution in [2.45, 2.75) is 38.0 Å². The normalized spacial score (nSPS) is 15.3. The van der Waals surface area contributed by atoms with Crippen molar-refractivity contribution < 1.29 is 22.5 Å². The van der Waals surface area contributed by atoms with E-state index in [1.165, 1.54) is 4.31 Å². The molecule has 4 rings (SSSR count). The summed E-state index contributed by atoms with van der Waals surface area (Å²) < 4.78 is 38.1. The van der Waals surface area contributed by atoms with Gasteiger partial charge in [-0.25, -0.2) is 8.42 Å². The Morgan fingerprint density at radius 2 is 1.88 bits per heavy atom. The van der Waals surface area contributed by atoms with Crippen LogP contribution in [0.25, 0.3) is 11.4 Å². The number of rotatable bonds is 7. The number of benzene rings is 2. The van der Waals surface area contributed by atoms with Crippen LogP contribution in [0, 0.1) is 12.8 Å². The minimum Gasteiger partial charge on any atom is -0.495 e. The third-order valence-electron chi connectivity index (χ3n) is 5.96. The Labute approximate surface area is 199 Å². The third-order valence-corrected chi connectivity index (χ3v) is 7.87. The van der Waals surface area contributed by atoms with Gasteiger partial charge in [0.25, 0.3) is 0 Å². The third kappa shape index (κ3) is 4.97. The van der Waals surface area contributed by atoms with E-state index in [0.717, 1.165) is 5.56 Å². The van der Waals surface area contributed by atoms with Crippen LogP contribution in [-0.4, -0.2) is 49.0 Å². The number of anilines is 1. The lowest BCUT2D eigenvalue weighted by Gasteiger charge is -2.30. The van der Waals surface area contributed by atoms with Crippen LogP contribution in [0.5, 0.6) is 5.75 Å². The Kier molecular flexibility index (Phi) is 6.99. The number of hydrogen-bond acceptors (Lipinski definition) is 7. The van der Waals surface area contributed by atoms with Crippen LogP contribution in [0.2, 0.25) is 0 Å². The van der Waals surface area contributed by atoms with Gasteiger partial charge in [-0.15, -0.1) is 0 Å². The second-order valence-electron chi connectivity index (χ2n) is 8.26. The van der Waals surface area contributed by atoms with E-state index in [0.29, 0.717) is 48.0 Å².